The third-order valence-corrected chi connectivity index (χ3v) is 4.85. The van der Waals surface area contributed by atoms with Crippen molar-refractivity contribution in [3.8, 4) is 11.5 Å². The van der Waals surface area contributed by atoms with Gasteiger partial charge in [-0.15, -0.1) is 0 Å². The normalized spacial score (nSPS) is 11.7. The lowest BCUT2D eigenvalue weighted by atomic mass is 10.2. The number of benzene rings is 2. The fraction of sp³-hybridized carbons (Fsp3) is 0.167. The van der Waals surface area contributed by atoms with Crippen molar-refractivity contribution in [1.82, 2.24) is 14.8 Å². The minimum atomic E-state index is -0.992. The maximum Gasteiger partial charge on any atom is 0.340 e. The predicted molar refractivity (Wildman–Crippen MR) is 120 cm³/mol. The van der Waals surface area contributed by atoms with Gasteiger partial charge in [0.25, 0.3) is 5.91 Å². The number of nitrogens with zero attached hydrogens (tertiary/aromatic N) is 3. The molecule has 162 valence electrons. The number of aromatic nitrogens is 3. The van der Waals surface area contributed by atoms with Gasteiger partial charge in [-0.3, -0.25) is 9.48 Å². The summed E-state index contributed by atoms with van der Waals surface area (Å²) in [6, 6.07) is 18.0. The van der Waals surface area contributed by atoms with E-state index in [1.807, 2.05) is 37.3 Å². The second-order valence-electron chi connectivity index (χ2n) is 7.28. The maximum atomic E-state index is 12.5. The number of aryl methyl sites for hydroxylation is 2. The maximum absolute atomic E-state index is 12.5. The van der Waals surface area contributed by atoms with Gasteiger partial charge < -0.3 is 14.8 Å². The summed E-state index contributed by atoms with van der Waals surface area (Å²) >= 11 is 0. The number of pyridine rings is 1. The molecule has 0 saturated heterocycles. The monoisotopic (exact) mass is 430 g/mol. The van der Waals surface area contributed by atoms with Crippen LogP contribution in [0, 0.1) is 6.92 Å². The highest BCUT2D eigenvalue weighted by Gasteiger charge is 2.20. The molecule has 0 bridgehead atoms. The lowest BCUT2D eigenvalue weighted by Crippen LogP contribution is -2.30. The number of amides is 1. The van der Waals surface area contributed by atoms with Gasteiger partial charge in [0.2, 0.25) is 0 Å². The van der Waals surface area contributed by atoms with Crippen molar-refractivity contribution >= 4 is 28.6 Å². The Morgan fingerprint density at radius 2 is 1.72 bits per heavy atom. The summed E-state index contributed by atoms with van der Waals surface area (Å²) in [6.07, 6.45) is 0.426. The van der Waals surface area contributed by atoms with Gasteiger partial charge in [0.05, 0.1) is 11.3 Å². The Morgan fingerprint density at radius 3 is 2.44 bits per heavy atom. The molecule has 4 rings (SSSR count). The van der Waals surface area contributed by atoms with Gasteiger partial charge in [-0.25, -0.2) is 9.78 Å². The Bertz CT molecular complexity index is 1270. The average Bonchev–Trinajstić information content (AvgIpc) is 3.08. The van der Waals surface area contributed by atoms with Crippen molar-refractivity contribution in [3.05, 3.63) is 78.1 Å². The molecule has 8 nitrogen and oxygen atoms in total. The smallest absolute Gasteiger partial charge is 0.340 e. The van der Waals surface area contributed by atoms with E-state index in [0.717, 1.165) is 16.8 Å². The second-order valence-corrected chi connectivity index (χ2v) is 7.28. The van der Waals surface area contributed by atoms with Gasteiger partial charge in [0.15, 0.2) is 11.8 Å². The third kappa shape index (κ3) is 4.59. The molecular weight excluding hydrogens is 408 g/mol. The first-order valence-electron chi connectivity index (χ1n) is 10.0. The number of ether oxygens (including phenoxy) is 2. The Labute approximate surface area is 184 Å². The number of fused-ring (bicyclic) bond motifs is 1. The van der Waals surface area contributed by atoms with Crippen LogP contribution in [0.3, 0.4) is 0 Å². The number of hydrogen-bond acceptors (Lipinski definition) is 6. The molecule has 8 heteroatoms. The van der Waals surface area contributed by atoms with E-state index in [9.17, 15) is 9.59 Å². The van der Waals surface area contributed by atoms with Gasteiger partial charge in [0, 0.05) is 24.3 Å². The Balaban J connectivity index is 1.36. The lowest BCUT2D eigenvalue weighted by Gasteiger charge is -2.14. The SMILES string of the molecule is Cc1nn(C)c2ncc(C(=O)O[C@H](C)C(=O)Nc3ccc(Oc4ccccc4)cc3)cc12. The van der Waals surface area contributed by atoms with Crippen LogP contribution in [0.4, 0.5) is 5.69 Å². The largest absolute Gasteiger partial charge is 0.457 e. The van der Waals surface area contributed by atoms with Crippen LogP contribution in [0.25, 0.3) is 11.0 Å². The topological polar surface area (TPSA) is 95.3 Å². The molecule has 0 radical (unpaired) electrons. The second kappa shape index (κ2) is 8.89. The molecular formula is C24H22N4O4. The Kier molecular flexibility index (Phi) is 5.85. The molecule has 4 aromatic rings. The molecule has 32 heavy (non-hydrogen) atoms. The summed E-state index contributed by atoms with van der Waals surface area (Å²) in [5.74, 6) is 0.292. The molecule has 0 fully saturated rings. The van der Waals surface area contributed by atoms with Crippen LogP contribution in [0.1, 0.15) is 23.0 Å². The number of hydrogen-bond donors (Lipinski definition) is 1. The fourth-order valence-corrected chi connectivity index (χ4v) is 3.18. The van der Waals surface area contributed by atoms with Crippen LogP contribution < -0.4 is 10.1 Å². The van der Waals surface area contributed by atoms with Crippen molar-refractivity contribution in [1.29, 1.82) is 0 Å². The molecule has 1 N–H and O–H groups in total. The fourth-order valence-electron chi connectivity index (χ4n) is 3.18. The lowest BCUT2D eigenvalue weighted by molar-refractivity contribution is -0.123. The molecule has 0 unspecified atom stereocenters. The Hall–Kier alpha value is -4.20. The predicted octanol–water partition coefficient (Wildman–Crippen LogP) is 4.25. The van der Waals surface area contributed by atoms with Crippen molar-refractivity contribution in [2.24, 2.45) is 7.05 Å². The molecule has 0 aliphatic carbocycles. The van der Waals surface area contributed by atoms with Crippen LogP contribution in [-0.2, 0) is 16.6 Å². The van der Waals surface area contributed by atoms with Gasteiger partial charge in [0.1, 0.15) is 11.5 Å². The first-order chi connectivity index (χ1) is 15.4. The summed E-state index contributed by atoms with van der Waals surface area (Å²) < 4.78 is 12.7. The van der Waals surface area contributed by atoms with Crippen molar-refractivity contribution in [2.75, 3.05) is 5.32 Å². The zero-order valence-corrected chi connectivity index (χ0v) is 17.9. The number of nitrogens with one attached hydrogen (secondary N) is 1. The standard InChI is InChI=1S/C24H22N4O4/c1-15-21-13-17(14-25-22(21)28(3)27-15)24(30)31-16(2)23(29)26-18-9-11-20(12-10-18)32-19-7-5-4-6-8-19/h4-14,16H,1-3H3,(H,26,29)/t16-/m1/s1. The molecule has 2 aromatic heterocycles. The first kappa shape index (κ1) is 21.0. The van der Waals surface area contributed by atoms with Gasteiger partial charge >= 0.3 is 5.97 Å². The highest BCUT2D eigenvalue weighted by Crippen LogP contribution is 2.23. The van der Waals surface area contributed by atoms with E-state index in [0.29, 0.717) is 17.1 Å². The number of rotatable bonds is 6. The van der Waals surface area contributed by atoms with Crippen LogP contribution >= 0.6 is 0 Å². The number of carbonyl (C=O) groups excluding carboxylic acids is 2. The third-order valence-electron chi connectivity index (χ3n) is 4.85. The molecule has 0 saturated carbocycles. The van der Waals surface area contributed by atoms with Crippen LogP contribution in [0.2, 0.25) is 0 Å². The minimum Gasteiger partial charge on any atom is -0.457 e. The van der Waals surface area contributed by atoms with E-state index in [-0.39, 0.29) is 5.56 Å². The molecule has 1 atom stereocenters. The summed E-state index contributed by atoms with van der Waals surface area (Å²) in [7, 11) is 1.78. The van der Waals surface area contributed by atoms with E-state index >= 15 is 0 Å². The van der Waals surface area contributed by atoms with Crippen LogP contribution in [0.5, 0.6) is 11.5 Å². The number of esters is 1. The zero-order chi connectivity index (χ0) is 22.7. The summed E-state index contributed by atoms with van der Waals surface area (Å²) in [4.78, 5) is 29.3. The van der Waals surface area contributed by atoms with Gasteiger partial charge in [-0.05, 0) is 56.3 Å². The van der Waals surface area contributed by atoms with E-state index < -0.39 is 18.0 Å². The summed E-state index contributed by atoms with van der Waals surface area (Å²) in [5, 5.41) is 7.78. The molecule has 0 aliphatic rings. The molecule has 0 spiro atoms. The number of para-hydroxylation sites is 1. The quantitative estimate of drug-likeness (QED) is 0.460. The van der Waals surface area contributed by atoms with Gasteiger partial charge in [-0.1, -0.05) is 18.2 Å². The highest BCUT2D eigenvalue weighted by molar-refractivity contribution is 5.98. The number of anilines is 1. The van der Waals surface area contributed by atoms with Crippen LogP contribution in [-0.4, -0.2) is 32.7 Å². The van der Waals surface area contributed by atoms with Crippen molar-refractivity contribution in [2.45, 2.75) is 20.0 Å². The molecule has 2 heterocycles. The first-order valence-corrected chi connectivity index (χ1v) is 10.0. The van der Waals surface area contributed by atoms with E-state index in [1.54, 1.807) is 42.1 Å². The van der Waals surface area contributed by atoms with Crippen LogP contribution in [0.15, 0.2) is 66.9 Å². The average molecular weight is 430 g/mol. The molecule has 2 aromatic carbocycles. The van der Waals surface area contributed by atoms with Crippen molar-refractivity contribution < 1.29 is 19.1 Å². The highest BCUT2D eigenvalue weighted by atomic mass is 16.5. The Morgan fingerprint density at radius 1 is 1.03 bits per heavy atom. The van der Waals surface area contributed by atoms with E-state index in [2.05, 4.69) is 15.4 Å². The number of carbonyl (C=O) groups is 2. The van der Waals surface area contributed by atoms with E-state index in [1.165, 1.54) is 13.1 Å². The summed E-state index contributed by atoms with van der Waals surface area (Å²) in [5.41, 5.74) is 2.25. The minimum absolute atomic E-state index is 0.260. The summed E-state index contributed by atoms with van der Waals surface area (Å²) in [6.45, 7) is 3.35. The zero-order valence-electron chi connectivity index (χ0n) is 17.9. The van der Waals surface area contributed by atoms with Gasteiger partial charge in [-0.2, -0.15) is 5.10 Å². The molecule has 0 aliphatic heterocycles. The molecule has 1 amide bonds. The van der Waals surface area contributed by atoms with Crippen molar-refractivity contribution in [3.63, 3.8) is 0 Å². The van der Waals surface area contributed by atoms with E-state index in [4.69, 9.17) is 9.47 Å².